The van der Waals surface area contributed by atoms with E-state index in [1.165, 1.54) is 5.56 Å². The van der Waals surface area contributed by atoms with Crippen LogP contribution in [0.2, 0.25) is 0 Å². The fourth-order valence-electron chi connectivity index (χ4n) is 3.83. The van der Waals surface area contributed by atoms with Gasteiger partial charge in [0.2, 0.25) is 11.8 Å². The van der Waals surface area contributed by atoms with E-state index in [0.717, 1.165) is 32.4 Å². The van der Waals surface area contributed by atoms with Gasteiger partial charge < -0.3 is 15.1 Å². The zero-order chi connectivity index (χ0) is 17.0. The Hall–Kier alpha value is -1.88. The van der Waals surface area contributed by atoms with Crippen molar-refractivity contribution >= 4 is 11.8 Å². The number of piperidine rings is 1. The molecule has 130 valence electrons. The molecule has 1 N–H and O–H groups in total. The molecule has 2 aliphatic rings. The smallest absolute Gasteiger partial charge is 0.229 e. The molecule has 24 heavy (non-hydrogen) atoms. The normalized spacial score (nSPS) is 21.5. The Morgan fingerprint density at radius 3 is 2.54 bits per heavy atom. The maximum absolute atomic E-state index is 13.4. The third-order valence-electron chi connectivity index (χ3n) is 5.41. The molecule has 0 unspecified atom stereocenters. The summed E-state index contributed by atoms with van der Waals surface area (Å²) in [6.07, 6.45) is 2.94. The van der Waals surface area contributed by atoms with Gasteiger partial charge in [-0.15, -0.1) is 0 Å². The van der Waals surface area contributed by atoms with E-state index in [4.69, 9.17) is 0 Å². The predicted molar refractivity (Wildman–Crippen MR) is 93.5 cm³/mol. The van der Waals surface area contributed by atoms with Crippen molar-refractivity contribution in [2.75, 3.05) is 39.8 Å². The van der Waals surface area contributed by atoms with Crippen molar-refractivity contribution in [3.8, 4) is 0 Å². The van der Waals surface area contributed by atoms with Crippen molar-refractivity contribution in [3.05, 3.63) is 35.9 Å². The average molecular weight is 329 g/mol. The van der Waals surface area contributed by atoms with Gasteiger partial charge in [0.1, 0.15) is 0 Å². The van der Waals surface area contributed by atoms with Gasteiger partial charge in [-0.25, -0.2) is 0 Å². The van der Waals surface area contributed by atoms with Crippen molar-refractivity contribution in [2.24, 2.45) is 5.41 Å². The molecule has 0 bridgehead atoms. The molecule has 5 heteroatoms. The van der Waals surface area contributed by atoms with Crippen LogP contribution in [0.4, 0.5) is 0 Å². The molecule has 0 radical (unpaired) electrons. The summed E-state index contributed by atoms with van der Waals surface area (Å²) in [4.78, 5) is 29.0. The second-order valence-electron chi connectivity index (χ2n) is 7.05. The summed E-state index contributed by atoms with van der Waals surface area (Å²) in [6, 6.07) is 10.3. The quantitative estimate of drug-likeness (QED) is 0.909. The molecule has 2 fully saturated rings. The summed E-state index contributed by atoms with van der Waals surface area (Å²) in [6.45, 7) is 3.58. The average Bonchev–Trinajstić information content (AvgIpc) is 2.78. The predicted octanol–water partition coefficient (Wildman–Crippen LogP) is 1.29. The molecule has 0 saturated carbocycles. The Bertz CT molecular complexity index is 582. The number of hydrogen-bond donors (Lipinski definition) is 1. The fraction of sp³-hybridized carbons (Fsp3) is 0.579. The highest BCUT2D eigenvalue weighted by molar-refractivity contribution is 5.85. The molecule has 0 aliphatic carbocycles. The standard InChI is InChI=1S/C19H27N3O2/c1-21-13-14-22(12-7-17(21)23)18(24)19(8-10-20-11-9-19)15-16-5-3-2-4-6-16/h2-6,20H,7-15H2,1H3. The Morgan fingerprint density at radius 2 is 1.83 bits per heavy atom. The molecule has 2 amide bonds. The zero-order valence-corrected chi connectivity index (χ0v) is 14.5. The number of carbonyl (C=O) groups excluding carboxylic acids is 2. The van der Waals surface area contributed by atoms with Gasteiger partial charge in [-0.2, -0.15) is 0 Å². The van der Waals surface area contributed by atoms with Crippen LogP contribution < -0.4 is 5.32 Å². The van der Waals surface area contributed by atoms with E-state index >= 15 is 0 Å². The summed E-state index contributed by atoms with van der Waals surface area (Å²) in [5.74, 6) is 0.365. The number of benzene rings is 1. The summed E-state index contributed by atoms with van der Waals surface area (Å²) >= 11 is 0. The van der Waals surface area contributed by atoms with Gasteiger partial charge in [0.15, 0.2) is 0 Å². The maximum atomic E-state index is 13.4. The van der Waals surface area contributed by atoms with Crippen molar-refractivity contribution in [2.45, 2.75) is 25.7 Å². The van der Waals surface area contributed by atoms with Gasteiger partial charge in [0.05, 0.1) is 5.41 Å². The van der Waals surface area contributed by atoms with Crippen LogP contribution in [0.25, 0.3) is 0 Å². The second kappa shape index (κ2) is 7.34. The van der Waals surface area contributed by atoms with Crippen LogP contribution in [0.1, 0.15) is 24.8 Å². The van der Waals surface area contributed by atoms with Crippen LogP contribution in [0.15, 0.2) is 30.3 Å². The van der Waals surface area contributed by atoms with E-state index in [0.29, 0.717) is 26.1 Å². The van der Waals surface area contributed by atoms with Gasteiger partial charge >= 0.3 is 0 Å². The van der Waals surface area contributed by atoms with Crippen molar-refractivity contribution < 1.29 is 9.59 Å². The highest BCUT2D eigenvalue weighted by Gasteiger charge is 2.42. The first-order valence-corrected chi connectivity index (χ1v) is 8.89. The molecular formula is C19H27N3O2. The number of amides is 2. The second-order valence-corrected chi connectivity index (χ2v) is 7.05. The molecule has 3 rings (SSSR count). The largest absolute Gasteiger partial charge is 0.344 e. The Kier molecular flexibility index (Phi) is 5.19. The van der Waals surface area contributed by atoms with Crippen molar-refractivity contribution in [3.63, 3.8) is 0 Å². The van der Waals surface area contributed by atoms with Gasteiger partial charge in [-0.3, -0.25) is 9.59 Å². The van der Waals surface area contributed by atoms with Crippen LogP contribution in [0, 0.1) is 5.41 Å². The lowest BCUT2D eigenvalue weighted by molar-refractivity contribution is -0.143. The third-order valence-corrected chi connectivity index (χ3v) is 5.41. The zero-order valence-electron chi connectivity index (χ0n) is 14.5. The van der Waals surface area contributed by atoms with Crippen molar-refractivity contribution in [1.82, 2.24) is 15.1 Å². The van der Waals surface area contributed by atoms with E-state index in [-0.39, 0.29) is 17.2 Å². The molecule has 0 atom stereocenters. The monoisotopic (exact) mass is 329 g/mol. The Balaban J connectivity index is 1.80. The summed E-state index contributed by atoms with van der Waals surface area (Å²) in [5, 5.41) is 3.38. The van der Waals surface area contributed by atoms with Crippen LogP contribution >= 0.6 is 0 Å². The van der Waals surface area contributed by atoms with Crippen LogP contribution in [0.3, 0.4) is 0 Å². The first-order valence-electron chi connectivity index (χ1n) is 8.89. The first kappa shape index (κ1) is 17.0. The molecule has 1 aromatic carbocycles. The molecular weight excluding hydrogens is 302 g/mol. The van der Waals surface area contributed by atoms with Crippen LogP contribution in [-0.2, 0) is 16.0 Å². The molecule has 0 spiro atoms. The first-order chi connectivity index (χ1) is 11.6. The molecule has 1 aromatic rings. The lowest BCUT2D eigenvalue weighted by Crippen LogP contribution is -2.51. The Morgan fingerprint density at radius 1 is 1.12 bits per heavy atom. The maximum Gasteiger partial charge on any atom is 0.229 e. The number of nitrogens with one attached hydrogen (secondary N) is 1. The van der Waals surface area contributed by atoms with E-state index < -0.39 is 0 Å². The van der Waals surface area contributed by atoms with Gasteiger partial charge in [-0.1, -0.05) is 30.3 Å². The number of rotatable bonds is 3. The van der Waals surface area contributed by atoms with Crippen LogP contribution in [0.5, 0.6) is 0 Å². The molecule has 2 saturated heterocycles. The van der Waals surface area contributed by atoms with Gasteiger partial charge in [0.25, 0.3) is 0 Å². The minimum Gasteiger partial charge on any atom is -0.344 e. The lowest BCUT2D eigenvalue weighted by Gasteiger charge is -2.40. The van der Waals surface area contributed by atoms with E-state index in [9.17, 15) is 9.59 Å². The van der Waals surface area contributed by atoms with Gasteiger partial charge in [0, 0.05) is 33.1 Å². The van der Waals surface area contributed by atoms with E-state index in [1.807, 2.05) is 30.1 Å². The number of carbonyl (C=O) groups is 2. The molecule has 5 nitrogen and oxygen atoms in total. The van der Waals surface area contributed by atoms with E-state index in [2.05, 4.69) is 17.4 Å². The van der Waals surface area contributed by atoms with Crippen molar-refractivity contribution in [1.29, 1.82) is 0 Å². The summed E-state index contributed by atoms with van der Waals surface area (Å²) < 4.78 is 0. The minimum atomic E-state index is -0.335. The highest BCUT2D eigenvalue weighted by atomic mass is 16.2. The summed E-state index contributed by atoms with van der Waals surface area (Å²) in [5.41, 5.74) is 0.884. The van der Waals surface area contributed by atoms with Gasteiger partial charge in [-0.05, 0) is 37.9 Å². The van der Waals surface area contributed by atoms with E-state index in [1.54, 1.807) is 4.90 Å². The third kappa shape index (κ3) is 3.61. The Labute approximate surface area is 144 Å². The molecule has 2 aliphatic heterocycles. The summed E-state index contributed by atoms with van der Waals surface area (Å²) in [7, 11) is 1.82. The minimum absolute atomic E-state index is 0.132. The molecule has 2 heterocycles. The fourth-order valence-corrected chi connectivity index (χ4v) is 3.83. The SMILES string of the molecule is CN1CCN(C(=O)C2(Cc3ccccc3)CCNCC2)CCC1=O. The number of hydrogen-bond acceptors (Lipinski definition) is 3. The number of nitrogens with zero attached hydrogens (tertiary/aromatic N) is 2. The van der Waals surface area contributed by atoms with Crippen LogP contribution in [-0.4, -0.2) is 61.4 Å². The molecule has 0 aromatic heterocycles. The number of likely N-dealkylation sites (N-methyl/N-ethyl adjacent to an activating group) is 1. The lowest BCUT2D eigenvalue weighted by atomic mass is 9.73. The topological polar surface area (TPSA) is 52.6 Å². The highest BCUT2D eigenvalue weighted by Crippen LogP contribution is 2.35.